The van der Waals surface area contributed by atoms with Crippen molar-refractivity contribution < 1.29 is 39.5 Å². The van der Waals surface area contributed by atoms with E-state index < -0.39 is 29.9 Å². The molecular weight excluding hydrogens is 255 g/mol. The van der Waals surface area contributed by atoms with Crippen molar-refractivity contribution >= 4 is 0 Å². The highest BCUT2D eigenvalue weighted by Gasteiger charge is 2.84. The highest BCUT2D eigenvalue weighted by Crippen LogP contribution is 2.63. The molecule has 0 unspecified atom stereocenters. The van der Waals surface area contributed by atoms with Crippen LogP contribution < -0.4 is 0 Å². The third-order valence-electron chi connectivity index (χ3n) is 2.21. The first-order valence-electron chi connectivity index (χ1n) is 3.89. The first kappa shape index (κ1) is 15.4. The molecule has 0 aromatic rings. The van der Waals surface area contributed by atoms with Gasteiger partial charge in [0.25, 0.3) is 5.41 Å². The second-order valence-electron chi connectivity index (χ2n) is 3.46. The van der Waals surface area contributed by atoms with E-state index in [2.05, 4.69) is 0 Å². The molecule has 0 saturated heterocycles. The van der Waals surface area contributed by atoms with Gasteiger partial charge in [0.15, 0.2) is 0 Å². The average molecular weight is 262 g/mol. The molecule has 0 amide bonds. The lowest BCUT2D eigenvalue weighted by Crippen LogP contribution is -2.62. The lowest BCUT2D eigenvalue weighted by molar-refractivity contribution is -0.440. The Morgan fingerprint density at radius 2 is 0.750 bits per heavy atom. The molecule has 0 N–H and O–H groups in total. The van der Waals surface area contributed by atoms with Crippen LogP contribution in [-0.4, -0.2) is 18.5 Å². The third-order valence-corrected chi connectivity index (χ3v) is 2.21. The van der Waals surface area contributed by atoms with Gasteiger partial charge in [0.2, 0.25) is 0 Å². The predicted octanol–water partition coefficient (Wildman–Crippen LogP) is 4.32. The van der Waals surface area contributed by atoms with Crippen molar-refractivity contribution in [2.45, 2.75) is 32.4 Å². The normalized spacial score (nSPS) is 15.8. The zero-order valence-corrected chi connectivity index (χ0v) is 7.98. The second kappa shape index (κ2) is 3.69. The molecular formula is C7H7F9. The van der Waals surface area contributed by atoms with E-state index in [1.165, 1.54) is 0 Å². The fraction of sp³-hybridized carbons (Fsp3) is 1.00. The Morgan fingerprint density at radius 3 is 0.750 bits per heavy atom. The highest BCUT2D eigenvalue weighted by atomic mass is 19.4. The number of halogens is 9. The molecule has 0 fully saturated rings. The third kappa shape index (κ3) is 1.95. The molecule has 9 heteroatoms. The van der Waals surface area contributed by atoms with Crippen LogP contribution in [0.4, 0.5) is 39.5 Å². The zero-order valence-electron chi connectivity index (χ0n) is 7.98. The first-order chi connectivity index (χ1) is 6.69. The van der Waals surface area contributed by atoms with Gasteiger partial charge >= 0.3 is 18.5 Å². The smallest absolute Gasteiger partial charge is 0.170 e. The van der Waals surface area contributed by atoms with Crippen LogP contribution in [0.5, 0.6) is 0 Å². The molecule has 0 nitrogen and oxygen atoms in total. The van der Waals surface area contributed by atoms with E-state index in [1.54, 1.807) is 0 Å². The maximum absolute atomic E-state index is 12.2. The molecule has 0 saturated carbocycles. The van der Waals surface area contributed by atoms with Crippen molar-refractivity contribution in [3.8, 4) is 0 Å². The van der Waals surface area contributed by atoms with Gasteiger partial charge in [0.1, 0.15) is 0 Å². The molecule has 0 atom stereocenters. The SMILES string of the molecule is CC(C)C(C(F)(F)F)(C(F)(F)F)C(F)(F)F. The quantitative estimate of drug-likeness (QED) is 0.617. The summed E-state index contributed by atoms with van der Waals surface area (Å²) in [7, 11) is 0. The number of alkyl halides is 9. The number of rotatable bonds is 1. The van der Waals surface area contributed by atoms with Crippen LogP contribution in [0.1, 0.15) is 13.8 Å². The van der Waals surface area contributed by atoms with Gasteiger partial charge in [-0.1, -0.05) is 13.8 Å². The summed E-state index contributed by atoms with van der Waals surface area (Å²) in [5.41, 5.74) is -5.69. The van der Waals surface area contributed by atoms with Crippen LogP contribution in [-0.2, 0) is 0 Å². The van der Waals surface area contributed by atoms with Crippen LogP contribution in [0.25, 0.3) is 0 Å². The van der Waals surface area contributed by atoms with Gasteiger partial charge < -0.3 is 0 Å². The standard InChI is InChI=1S/C7H7F9/c1-3(2)4(5(8,9)10,6(11,12)13)7(14,15)16/h3H,1-2H3. The molecule has 0 aliphatic carbocycles. The van der Waals surface area contributed by atoms with E-state index in [9.17, 15) is 39.5 Å². The first-order valence-corrected chi connectivity index (χ1v) is 3.89. The van der Waals surface area contributed by atoms with Gasteiger partial charge in [-0.25, -0.2) is 0 Å². The second-order valence-corrected chi connectivity index (χ2v) is 3.46. The summed E-state index contributed by atoms with van der Waals surface area (Å²) in [6, 6.07) is 0. The molecule has 0 bridgehead atoms. The summed E-state index contributed by atoms with van der Waals surface area (Å²) in [5.74, 6) is -2.70. The number of hydrogen-bond donors (Lipinski definition) is 0. The molecule has 0 aromatic heterocycles. The zero-order chi connectivity index (χ0) is 13.6. The summed E-state index contributed by atoms with van der Waals surface area (Å²) >= 11 is 0. The van der Waals surface area contributed by atoms with Crippen molar-refractivity contribution in [3.63, 3.8) is 0 Å². The Hall–Kier alpha value is -0.630. The van der Waals surface area contributed by atoms with Crippen molar-refractivity contribution in [2.24, 2.45) is 11.3 Å². The van der Waals surface area contributed by atoms with Crippen LogP contribution >= 0.6 is 0 Å². The topological polar surface area (TPSA) is 0 Å². The minimum absolute atomic E-state index is 0.231. The van der Waals surface area contributed by atoms with E-state index in [-0.39, 0.29) is 13.8 Å². The van der Waals surface area contributed by atoms with Gasteiger partial charge in [0.05, 0.1) is 0 Å². The Bertz CT molecular complexity index is 204. The summed E-state index contributed by atoms with van der Waals surface area (Å²) in [4.78, 5) is 0. The van der Waals surface area contributed by atoms with Crippen molar-refractivity contribution in [1.29, 1.82) is 0 Å². The van der Waals surface area contributed by atoms with Gasteiger partial charge in [-0.2, -0.15) is 39.5 Å². The maximum atomic E-state index is 12.2. The van der Waals surface area contributed by atoms with Crippen LogP contribution in [0.2, 0.25) is 0 Å². The summed E-state index contributed by atoms with van der Waals surface area (Å²) in [5, 5.41) is 0. The van der Waals surface area contributed by atoms with Crippen molar-refractivity contribution in [3.05, 3.63) is 0 Å². The van der Waals surface area contributed by atoms with Gasteiger partial charge in [-0.15, -0.1) is 0 Å². The number of hydrogen-bond acceptors (Lipinski definition) is 0. The van der Waals surface area contributed by atoms with Gasteiger partial charge in [0, 0.05) is 0 Å². The van der Waals surface area contributed by atoms with E-state index in [0.29, 0.717) is 0 Å². The van der Waals surface area contributed by atoms with Crippen molar-refractivity contribution in [2.75, 3.05) is 0 Å². The minimum atomic E-state index is -6.45. The lowest BCUT2D eigenvalue weighted by Gasteiger charge is -2.41. The van der Waals surface area contributed by atoms with Gasteiger partial charge in [-0.05, 0) is 5.92 Å². The predicted molar refractivity (Wildman–Crippen MR) is 35.4 cm³/mol. The summed E-state index contributed by atoms with van der Waals surface area (Å²) < 4.78 is 110. The highest BCUT2D eigenvalue weighted by molar-refractivity contribution is 5.01. The molecule has 98 valence electrons. The van der Waals surface area contributed by atoms with E-state index >= 15 is 0 Å². The van der Waals surface area contributed by atoms with Crippen LogP contribution in [0.15, 0.2) is 0 Å². The average Bonchev–Trinajstić information content (AvgIpc) is 1.71. The molecule has 0 heterocycles. The van der Waals surface area contributed by atoms with Crippen molar-refractivity contribution in [1.82, 2.24) is 0 Å². The Kier molecular flexibility index (Phi) is 3.55. The fourth-order valence-electron chi connectivity index (χ4n) is 1.46. The largest absolute Gasteiger partial charge is 0.412 e. The molecule has 0 radical (unpaired) electrons. The van der Waals surface area contributed by atoms with E-state index in [4.69, 9.17) is 0 Å². The molecule has 16 heavy (non-hydrogen) atoms. The monoisotopic (exact) mass is 262 g/mol. The summed E-state index contributed by atoms with van der Waals surface area (Å²) in [6.45, 7) is 0.461. The molecule has 0 aromatic carbocycles. The lowest BCUT2D eigenvalue weighted by atomic mass is 9.75. The van der Waals surface area contributed by atoms with E-state index in [0.717, 1.165) is 0 Å². The Morgan fingerprint density at radius 1 is 0.562 bits per heavy atom. The molecule has 0 spiro atoms. The molecule has 0 rings (SSSR count). The maximum Gasteiger partial charge on any atom is 0.412 e. The van der Waals surface area contributed by atoms with Crippen LogP contribution in [0, 0.1) is 11.3 Å². The van der Waals surface area contributed by atoms with Crippen LogP contribution in [0.3, 0.4) is 0 Å². The fourth-order valence-corrected chi connectivity index (χ4v) is 1.46. The minimum Gasteiger partial charge on any atom is -0.170 e. The molecule has 0 aliphatic heterocycles. The van der Waals surface area contributed by atoms with Gasteiger partial charge in [-0.3, -0.25) is 0 Å². The Labute approximate surface area is 84.4 Å². The summed E-state index contributed by atoms with van der Waals surface area (Å²) in [6.07, 6.45) is -19.3. The van der Waals surface area contributed by atoms with E-state index in [1.807, 2.05) is 0 Å². The Balaban J connectivity index is 6.05. The molecule has 0 aliphatic rings.